The first-order valence-corrected chi connectivity index (χ1v) is 6.96. The summed E-state index contributed by atoms with van der Waals surface area (Å²) in [6.45, 7) is 4.89. The zero-order valence-corrected chi connectivity index (χ0v) is 11.9. The van der Waals surface area contributed by atoms with Crippen molar-refractivity contribution in [1.82, 2.24) is 15.1 Å². The van der Waals surface area contributed by atoms with E-state index in [2.05, 4.69) is 17.1 Å². The van der Waals surface area contributed by atoms with Crippen LogP contribution < -0.4 is 5.32 Å². The Labute approximate surface area is 113 Å². The van der Waals surface area contributed by atoms with Crippen LogP contribution in [-0.4, -0.2) is 60.3 Å². The van der Waals surface area contributed by atoms with Crippen LogP contribution in [0.25, 0.3) is 0 Å². The molecular weight excluding hydrogens is 254 g/mol. The molecule has 6 heteroatoms. The van der Waals surface area contributed by atoms with E-state index in [9.17, 15) is 9.59 Å². The number of nitrogens with zero attached hydrogens (tertiary/aromatic N) is 2. The number of likely N-dealkylation sites (tertiary alicyclic amines) is 1. The van der Waals surface area contributed by atoms with Gasteiger partial charge < -0.3 is 4.90 Å². The van der Waals surface area contributed by atoms with Crippen molar-refractivity contribution in [2.24, 2.45) is 0 Å². The summed E-state index contributed by atoms with van der Waals surface area (Å²) in [5, 5.41) is 2.33. The van der Waals surface area contributed by atoms with Gasteiger partial charge in [0.05, 0.1) is 0 Å². The van der Waals surface area contributed by atoms with Gasteiger partial charge in [-0.2, -0.15) is 0 Å². The fourth-order valence-corrected chi connectivity index (χ4v) is 2.45. The predicted octanol–water partition coefficient (Wildman–Crippen LogP) is 1.27. The minimum Gasteiger partial charge on any atom is -0.326 e. The molecule has 1 saturated heterocycles. The molecule has 18 heavy (non-hydrogen) atoms. The van der Waals surface area contributed by atoms with Crippen LogP contribution in [0.15, 0.2) is 0 Å². The summed E-state index contributed by atoms with van der Waals surface area (Å²) in [6.07, 6.45) is 2.46. The zero-order valence-electron chi connectivity index (χ0n) is 11.1. The van der Waals surface area contributed by atoms with E-state index in [1.165, 1.54) is 6.42 Å². The number of carbonyl (C=O) groups excluding carboxylic acids is 2. The van der Waals surface area contributed by atoms with Crippen LogP contribution in [0.5, 0.6) is 0 Å². The van der Waals surface area contributed by atoms with Gasteiger partial charge in [-0.05, 0) is 25.9 Å². The summed E-state index contributed by atoms with van der Waals surface area (Å²) in [7, 11) is 1.72. The van der Waals surface area contributed by atoms with Crippen LogP contribution in [0.1, 0.15) is 26.2 Å². The summed E-state index contributed by atoms with van der Waals surface area (Å²) < 4.78 is 0. The van der Waals surface area contributed by atoms with Crippen molar-refractivity contribution in [3.05, 3.63) is 0 Å². The molecule has 0 aromatic rings. The molecule has 0 aliphatic carbocycles. The van der Waals surface area contributed by atoms with Crippen molar-refractivity contribution in [2.75, 3.05) is 32.6 Å². The average molecular weight is 276 g/mol. The molecule has 1 rings (SSSR count). The van der Waals surface area contributed by atoms with E-state index in [0.29, 0.717) is 12.6 Å². The lowest BCUT2D eigenvalue weighted by molar-refractivity contribution is -0.119. The number of hydrogen-bond acceptors (Lipinski definition) is 3. The summed E-state index contributed by atoms with van der Waals surface area (Å²) in [6, 6.07) is 0.0712. The number of urea groups is 1. The van der Waals surface area contributed by atoms with Crippen LogP contribution in [0.3, 0.4) is 0 Å². The fraction of sp³-hybridized carbons (Fsp3) is 0.833. The minimum atomic E-state index is -0.340. The molecule has 104 valence electrons. The van der Waals surface area contributed by atoms with Gasteiger partial charge in [-0.3, -0.25) is 15.0 Å². The largest absolute Gasteiger partial charge is 0.326 e. The van der Waals surface area contributed by atoms with E-state index in [1.54, 1.807) is 11.9 Å². The molecule has 1 N–H and O–H groups in total. The SMILES string of the molecule is CCN1CCCC1CN(C)C(=O)NC(=O)CCCl. The Kier molecular flexibility index (Phi) is 6.43. The van der Waals surface area contributed by atoms with Crippen LogP contribution in [0.4, 0.5) is 4.79 Å². The Morgan fingerprint density at radius 3 is 2.83 bits per heavy atom. The van der Waals surface area contributed by atoms with Gasteiger partial charge in [-0.15, -0.1) is 11.6 Å². The Morgan fingerprint density at radius 2 is 2.22 bits per heavy atom. The normalized spacial score (nSPS) is 19.8. The van der Waals surface area contributed by atoms with Crippen molar-refractivity contribution < 1.29 is 9.59 Å². The average Bonchev–Trinajstić information content (AvgIpc) is 2.76. The molecule has 0 saturated carbocycles. The maximum atomic E-state index is 11.7. The van der Waals surface area contributed by atoms with E-state index < -0.39 is 0 Å². The quantitative estimate of drug-likeness (QED) is 0.769. The molecule has 0 aromatic carbocycles. The number of carbonyl (C=O) groups is 2. The van der Waals surface area contributed by atoms with Crippen LogP contribution in [0.2, 0.25) is 0 Å². The Hall–Kier alpha value is -0.810. The van der Waals surface area contributed by atoms with Crippen molar-refractivity contribution in [1.29, 1.82) is 0 Å². The number of alkyl halides is 1. The van der Waals surface area contributed by atoms with E-state index in [0.717, 1.165) is 19.5 Å². The van der Waals surface area contributed by atoms with E-state index in [-0.39, 0.29) is 24.2 Å². The topological polar surface area (TPSA) is 52.6 Å². The van der Waals surface area contributed by atoms with Gasteiger partial charge in [0.15, 0.2) is 0 Å². The third-order valence-corrected chi connectivity index (χ3v) is 3.49. The second-order valence-electron chi connectivity index (χ2n) is 4.60. The van der Waals surface area contributed by atoms with Crippen LogP contribution >= 0.6 is 11.6 Å². The fourth-order valence-electron chi connectivity index (χ4n) is 2.28. The number of rotatable bonds is 5. The highest BCUT2D eigenvalue weighted by molar-refractivity contribution is 6.19. The Bertz CT molecular complexity index is 299. The van der Waals surface area contributed by atoms with Gasteiger partial charge in [0, 0.05) is 31.9 Å². The first kappa shape index (κ1) is 15.2. The summed E-state index contributed by atoms with van der Waals surface area (Å²) in [5.41, 5.74) is 0. The predicted molar refractivity (Wildman–Crippen MR) is 71.8 cm³/mol. The second kappa shape index (κ2) is 7.59. The lowest BCUT2D eigenvalue weighted by Gasteiger charge is -2.27. The molecule has 0 aromatic heterocycles. The molecule has 0 bridgehead atoms. The first-order chi connectivity index (χ1) is 8.58. The highest BCUT2D eigenvalue weighted by Gasteiger charge is 2.25. The first-order valence-electron chi connectivity index (χ1n) is 6.43. The molecular formula is C12H22ClN3O2. The van der Waals surface area contributed by atoms with E-state index in [4.69, 9.17) is 11.6 Å². The molecule has 1 unspecified atom stereocenters. The summed E-state index contributed by atoms with van der Waals surface area (Å²) >= 11 is 5.44. The number of likely N-dealkylation sites (N-methyl/N-ethyl adjacent to an activating group) is 2. The van der Waals surface area contributed by atoms with Gasteiger partial charge in [0.2, 0.25) is 5.91 Å². The Balaban J connectivity index is 2.37. The van der Waals surface area contributed by atoms with Gasteiger partial charge >= 0.3 is 6.03 Å². The number of nitrogens with one attached hydrogen (secondary N) is 1. The molecule has 1 fully saturated rings. The third kappa shape index (κ3) is 4.46. The third-order valence-electron chi connectivity index (χ3n) is 3.30. The minimum absolute atomic E-state index is 0.172. The molecule has 0 spiro atoms. The maximum Gasteiger partial charge on any atom is 0.323 e. The number of hydrogen-bond donors (Lipinski definition) is 1. The lowest BCUT2D eigenvalue weighted by atomic mass is 10.2. The van der Waals surface area contributed by atoms with E-state index >= 15 is 0 Å². The van der Waals surface area contributed by atoms with Gasteiger partial charge in [0.1, 0.15) is 0 Å². The number of imide groups is 1. The highest BCUT2D eigenvalue weighted by atomic mass is 35.5. The molecule has 5 nitrogen and oxygen atoms in total. The number of halogens is 1. The van der Waals surface area contributed by atoms with Gasteiger partial charge in [-0.25, -0.2) is 4.79 Å². The zero-order chi connectivity index (χ0) is 13.5. The van der Waals surface area contributed by atoms with Crippen LogP contribution in [-0.2, 0) is 4.79 Å². The second-order valence-corrected chi connectivity index (χ2v) is 4.98. The van der Waals surface area contributed by atoms with Crippen molar-refractivity contribution in [2.45, 2.75) is 32.2 Å². The molecule has 1 atom stereocenters. The Morgan fingerprint density at radius 1 is 1.50 bits per heavy atom. The standard InChI is InChI=1S/C12H22ClN3O2/c1-3-16-8-4-5-10(16)9-15(2)12(18)14-11(17)6-7-13/h10H,3-9H2,1-2H3,(H,14,17,18). The lowest BCUT2D eigenvalue weighted by Crippen LogP contribution is -2.46. The van der Waals surface area contributed by atoms with Crippen LogP contribution in [0, 0.1) is 0 Å². The molecule has 1 heterocycles. The van der Waals surface area contributed by atoms with Gasteiger partial charge in [-0.1, -0.05) is 6.92 Å². The number of amides is 3. The van der Waals surface area contributed by atoms with Crippen molar-refractivity contribution >= 4 is 23.5 Å². The molecule has 0 radical (unpaired) electrons. The monoisotopic (exact) mass is 275 g/mol. The van der Waals surface area contributed by atoms with Crippen molar-refractivity contribution in [3.8, 4) is 0 Å². The molecule has 1 aliphatic rings. The molecule has 3 amide bonds. The summed E-state index contributed by atoms with van der Waals surface area (Å²) in [4.78, 5) is 26.9. The maximum absolute atomic E-state index is 11.7. The van der Waals surface area contributed by atoms with Crippen molar-refractivity contribution in [3.63, 3.8) is 0 Å². The smallest absolute Gasteiger partial charge is 0.323 e. The van der Waals surface area contributed by atoms with Gasteiger partial charge in [0.25, 0.3) is 0 Å². The molecule has 1 aliphatic heterocycles. The summed E-state index contributed by atoms with van der Waals surface area (Å²) in [5.74, 6) is -0.0877. The highest BCUT2D eigenvalue weighted by Crippen LogP contribution is 2.17. The van der Waals surface area contributed by atoms with E-state index in [1.807, 2.05) is 0 Å².